The molecule has 2 aliphatic carbocycles. The number of esters is 1. The van der Waals surface area contributed by atoms with E-state index >= 15 is 4.39 Å². The Hall–Kier alpha value is -3.41. The van der Waals surface area contributed by atoms with E-state index in [-0.39, 0.29) is 30.3 Å². The van der Waals surface area contributed by atoms with Gasteiger partial charge in [-0.15, -0.1) is 0 Å². The molecule has 0 N–H and O–H groups in total. The van der Waals surface area contributed by atoms with Gasteiger partial charge in [0.15, 0.2) is 0 Å². The largest absolute Gasteiger partial charge is 0.497 e. The Kier molecular flexibility index (Phi) is 9.83. The highest BCUT2D eigenvalue weighted by atomic mass is 19.1. The monoisotopic (exact) mass is 550 g/mol. The first kappa shape index (κ1) is 29.6. The lowest BCUT2D eigenvalue weighted by molar-refractivity contribution is -0.140. The molecule has 40 heavy (non-hydrogen) atoms. The van der Waals surface area contributed by atoms with E-state index in [1.807, 2.05) is 24.3 Å². The molecule has 214 valence electrons. The highest BCUT2D eigenvalue weighted by Gasteiger charge is 2.37. The molecule has 0 amide bonds. The SMILES string of the molecule is C1CC1.COC(=O)CCc1cccc(OCc2cc(C3CCCC3(C)C)c(-c3cc(OC)ccc3F)cc2F)c1. The van der Waals surface area contributed by atoms with Crippen LogP contribution < -0.4 is 9.47 Å². The Morgan fingerprint density at radius 3 is 2.33 bits per heavy atom. The van der Waals surface area contributed by atoms with Crippen LogP contribution >= 0.6 is 0 Å². The summed E-state index contributed by atoms with van der Waals surface area (Å²) in [5, 5.41) is 0. The molecule has 6 heteroatoms. The van der Waals surface area contributed by atoms with Crippen LogP contribution in [0.15, 0.2) is 54.6 Å². The van der Waals surface area contributed by atoms with Gasteiger partial charge in [0, 0.05) is 17.5 Å². The minimum atomic E-state index is -0.446. The molecular formula is C34H40F2O4. The van der Waals surface area contributed by atoms with Crippen LogP contribution in [0.4, 0.5) is 8.78 Å². The first-order valence-electron chi connectivity index (χ1n) is 14.2. The van der Waals surface area contributed by atoms with Crippen molar-refractivity contribution in [3.05, 3.63) is 82.9 Å². The van der Waals surface area contributed by atoms with Gasteiger partial charge in [0.1, 0.15) is 29.7 Å². The van der Waals surface area contributed by atoms with Crippen LogP contribution in [0.1, 0.15) is 81.4 Å². The molecule has 3 aromatic carbocycles. The zero-order chi connectivity index (χ0) is 28.7. The van der Waals surface area contributed by atoms with Crippen LogP contribution in [0.3, 0.4) is 0 Å². The molecule has 0 aromatic heterocycles. The van der Waals surface area contributed by atoms with Gasteiger partial charge in [0.05, 0.1) is 14.2 Å². The molecule has 0 aliphatic heterocycles. The van der Waals surface area contributed by atoms with Crippen LogP contribution in [-0.4, -0.2) is 20.2 Å². The van der Waals surface area contributed by atoms with Gasteiger partial charge in [0.2, 0.25) is 0 Å². The molecule has 3 aromatic rings. The van der Waals surface area contributed by atoms with Crippen LogP contribution in [0, 0.1) is 17.0 Å². The first-order valence-corrected chi connectivity index (χ1v) is 14.2. The molecule has 2 saturated carbocycles. The Morgan fingerprint density at radius 2 is 1.68 bits per heavy atom. The maximum Gasteiger partial charge on any atom is 0.305 e. The Balaban J connectivity index is 0.00000115. The van der Waals surface area contributed by atoms with Crippen molar-refractivity contribution in [3.8, 4) is 22.6 Å². The normalized spacial score (nSPS) is 17.0. The average molecular weight is 551 g/mol. The molecule has 0 saturated heterocycles. The van der Waals surface area contributed by atoms with E-state index in [0.29, 0.717) is 34.6 Å². The van der Waals surface area contributed by atoms with Crippen molar-refractivity contribution in [2.45, 2.75) is 77.7 Å². The summed E-state index contributed by atoms with van der Waals surface area (Å²) in [5.74, 6) is 0.140. The van der Waals surface area contributed by atoms with Crippen molar-refractivity contribution in [1.82, 2.24) is 0 Å². The summed E-state index contributed by atoms with van der Waals surface area (Å²) in [7, 11) is 2.90. The lowest BCUT2D eigenvalue weighted by atomic mass is 9.75. The maximum absolute atomic E-state index is 15.5. The number of carbonyl (C=O) groups is 1. The number of rotatable bonds is 9. The zero-order valence-corrected chi connectivity index (χ0v) is 24.0. The Labute approximate surface area is 236 Å². The van der Waals surface area contributed by atoms with Crippen molar-refractivity contribution < 1.29 is 27.8 Å². The number of benzene rings is 3. The van der Waals surface area contributed by atoms with Crippen molar-refractivity contribution in [2.24, 2.45) is 5.41 Å². The summed E-state index contributed by atoms with van der Waals surface area (Å²) >= 11 is 0. The number of hydrogen-bond acceptors (Lipinski definition) is 4. The molecule has 0 bridgehead atoms. The highest BCUT2D eigenvalue weighted by Crippen LogP contribution is 2.51. The first-order chi connectivity index (χ1) is 19.2. The number of methoxy groups -OCH3 is 2. The van der Waals surface area contributed by atoms with E-state index in [9.17, 15) is 9.18 Å². The predicted molar refractivity (Wildman–Crippen MR) is 154 cm³/mol. The minimum absolute atomic E-state index is 0.00796. The van der Waals surface area contributed by atoms with Gasteiger partial charge in [-0.3, -0.25) is 4.79 Å². The third-order valence-electron chi connectivity index (χ3n) is 7.81. The summed E-state index contributed by atoms with van der Waals surface area (Å²) in [6.45, 7) is 4.47. The minimum Gasteiger partial charge on any atom is -0.497 e. The van der Waals surface area contributed by atoms with Crippen molar-refractivity contribution in [3.63, 3.8) is 0 Å². The van der Waals surface area contributed by atoms with Crippen molar-refractivity contribution in [1.29, 1.82) is 0 Å². The fraction of sp³-hybridized carbons (Fsp3) is 0.441. The molecule has 1 unspecified atom stereocenters. The summed E-state index contributed by atoms with van der Waals surface area (Å²) in [5.41, 5.74) is 3.18. The number of ether oxygens (including phenoxy) is 3. The molecule has 5 rings (SSSR count). The van der Waals surface area contributed by atoms with Crippen LogP contribution in [0.2, 0.25) is 0 Å². The zero-order valence-electron chi connectivity index (χ0n) is 24.0. The van der Waals surface area contributed by atoms with Gasteiger partial charge in [-0.25, -0.2) is 8.78 Å². The quantitative estimate of drug-likeness (QED) is 0.250. The van der Waals surface area contributed by atoms with E-state index in [2.05, 4.69) is 13.8 Å². The number of aryl methyl sites for hydroxylation is 1. The topological polar surface area (TPSA) is 44.8 Å². The van der Waals surface area contributed by atoms with E-state index in [1.54, 1.807) is 18.2 Å². The molecule has 2 fully saturated rings. The Bertz CT molecular complexity index is 1310. The van der Waals surface area contributed by atoms with Crippen LogP contribution in [0.5, 0.6) is 11.5 Å². The summed E-state index contributed by atoms with van der Waals surface area (Å²) in [6.07, 6.45) is 8.38. The van der Waals surface area contributed by atoms with E-state index in [4.69, 9.17) is 14.2 Å². The van der Waals surface area contributed by atoms with Gasteiger partial charge in [-0.1, -0.05) is 51.7 Å². The second-order valence-electron chi connectivity index (χ2n) is 11.4. The standard InChI is InChI=1S/C31H34F2O4.C3H6/c1-31(2)14-6-9-27(31)25-16-21(19-37-23-8-5-7-20(15-23)10-13-30(34)36-4)29(33)18-24(25)26-17-22(35-3)11-12-28(26)32;1-2-3-1/h5,7-8,11-12,15-18,27H,6,9-10,13-14,19H2,1-4H3;1-3H2. The molecule has 0 heterocycles. The van der Waals surface area contributed by atoms with Crippen LogP contribution in [-0.2, 0) is 22.6 Å². The van der Waals surface area contributed by atoms with E-state index < -0.39 is 11.6 Å². The van der Waals surface area contributed by atoms with Gasteiger partial charge in [-0.05, 0) is 89.8 Å². The molecule has 0 radical (unpaired) electrons. The van der Waals surface area contributed by atoms with Crippen molar-refractivity contribution in [2.75, 3.05) is 14.2 Å². The second kappa shape index (κ2) is 13.3. The predicted octanol–water partition coefficient (Wildman–Crippen LogP) is 8.79. The lowest BCUT2D eigenvalue weighted by Gasteiger charge is -2.30. The van der Waals surface area contributed by atoms with Crippen molar-refractivity contribution >= 4 is 5.97 Å². The molecule has 0 spiro atoms. The van der Waals surface area contributed by atoms with Gasteiger partial charge in [-0.2, -0.15) is 0 Å². The molecule has 2 aliphatic rings. The fourth-order valence-corrected chi connectivity index (χ4v) is 5.31. The fourth-order valence-electron chi connectivity index (χ4n) is 5.31. The third kappa shape index (κ3) is 7.61. The highest BCUT2D eigenvalue weighted by molar-refractivity contribution is 5.71. The van der Waals surface area contributed by atoms with Crippen LogP contribution in [0.25, 0.3) is 11.1 Å². The molecule has 1 atom stereocenters. The maximum atomic E-state index is 15.5. The molecular weight excluding hydrogens is 510 g/mol. The Morgan fingerprint density at radius 1 is 0.900 bits per heavy atom. The van der Waals surface area contributed by atoms with Gasteiger partial charge < -0.3 is 14.2 Å². The summed E-state index contributed by atoms with van der Waals surface area (Å²) in [4.78, 5) is 11.5. The lowest BCUT2D eigenvalue weighted by Crippen LogP contribution is -2.17. The van der Waals surface area contributed by atoms with E-state index in [1.165, 1.54) is 45.6 Å². The smallest absolute Gasteiger partial charge is 0.305 e. The van der Waals surface area contributed by atoms with E-state index in [0.717, 1.165) is 30.4 Å². The van der Waals surface area contributed by atoms with Gasteiger partial charge >= 0.3 is 5.97 Å². The summed E-state index contributed by atoms with van der Waals surface area (Å²) < 4.78 is 46.4. The average Bonchev–Trinajstić information content (AvgIpc) is 3.80. The number of halogens is 2. The van der Waals surface area contributed by atoms with Gasteiger partial charge in [0.25, 0.3) is 0 Å². The third-order valence-corrected chi connectivity index (χ3v) is 7.81. The number of hydrogen-bond donors (Lipinski definition) is 0. The summed E-state index contributed by atoms with van der Waals surface area (Å²) in [6, 6.07) is 15.3. The number of carbonyl (C=O) groups excluding carboxylic acids is 1. The second-order valence-corrected chi connectivity index (χ2v) is 11.4. The molecule has 4 nitrogen and oxygen atoms in total.